The number of hydrogen-bond acceptors (Lipinski definition) is 2. The SMILES string of the molecule is CCNC(CC)c1ccc(Sc2ccc(F)c(F)c2)cc1. The van der Waals surface area contributed by atoms with Gasteiger partial charge in [0, 0.05) is 15.8 Å². The first-order valence-electron chi connectivity index (χ1n) is 7.10. The molecule has 112 valence electrons. The maximum atomic E-state index is 13.2. The minimum atomic E-state index is -0.814. The van der Waals surface area contributed by atoms with E-state index in [2.05, 4.69) is 31.3 Å². The summed E-state index contributed by atoms with van der Waals surface area (Å²) in [5.74, 6) is -1.62. The van der Waals surface area contributed by atoms with Crippen LogP contribution in [0.1, 0.15) is 31.9 Å². The van der Waals surface area contributed by atoms with Crippen LogP contribution in [0.3, 0.4) is 0 Å². The molecule has 0 aromatic heterocycles. The first-order chi connectivity index (χ1) is 10.1. The van der Waals surface area contributed by atoms with Crippen LogP contribution >= 0.6 is 11.8 Å². The van der Waals surface area contributed by atoms with Crippen molar-refractivity contribution in [1.29, 1.82) is 0 Å². The van der Waals surface area contributed by atoms with E-state index in [1.807, 2.05) is 12.1 Å². The Balaban J connectivity index is 2.09. The van der Waals surface area contributed by atoms with Crippen molar-refractivity contribution in [3.05, 3.63) is 59.7 Å². The summed E-state index contributed by atoms with van der Waals surface area (Å²) in [6.45, 7) is 5.18. The van der Waals surface area contributed by atoms with Crippen molar-refractivity contribution in [3.63, 3.8) is 0 Å². The van der Waals surface area contributed by atoms with Gasteiger partial charge in [-0.1, -0.05) is 37.7 Å². The lowest BCUT2D eigenvalue weighted by molar-refractivity contribution is 0.506. The van der Waals surface area contributed by atoms with Crippen molar-refractivity contribution in [1.82, 2.24) is 5.32 Å². The molecule has 1 N–H and O–H groups in total. The van der Waals surface area contributed by atoms with Crippen LogP contribution in [0.25, 0.3) is 0 Å². The molecule has 0 saturated carbocycles. The van der Waals surface area contributed by atoms with E-state index in [4.69, 9.17) is 0 Å². The predicted molar refractivity (Wildman–Crippen MR) is 83.6 cm³/mol. The van der Waals surface area contributed by atoms with Crippen molar-refractivity contribution < 1.29 is 8.78 Å². The molecule has 2 aromatic carbocycles. The van der Waals surface area contributed by atoms with Crippen LogP contribution in [-0.4, -0.2) is 6.54 Å². The van der Waals surface area contributed by atoms with Gasteiger partial charge in [-0.05, 0) is 48.9 Å². The highest BCUT2D eigenvalue weighted by Gasteiger charge is 2.08. The summed E-state index contributed by atoms with van der Waals surface area (Å²) in [7, 11) is 0. The number of halogens is 2. The van der Waals surface area contributed by atoms with Crippen molar-refractivity contribution >= 4 is 11.8 Å². The highest BCUT2D eigenvalue weighted by Crippen LogP contribution is 2.29. The molecule has 0 spiro atoms. The lowest BCUT2D eigenvalue weighted by atomic mass is 10.1. The van der Waals surface area contributed by atoms with E-state index in [0.29, 0.717) is 10.9 Å². The van der Waals surface area contributed by atoms with Gasteiger partial charge in [0.25, 0.3) is 0 Å². The molecule has 4 heteroatoms. The average molecular weight is 307 g/mol. The molecular weight excluding hydrogens is 288 g/mol. The third-order valence-corrected chi connectivity index (χ3v) is 4.27. The van der Waals surface area contributed by atoms with E-state index in [-0.39, 0.29) is 0 Å². The van der Waals surface area contributed by atoms with Gasteiger partial charge in [0.1, 0.15) is 0 Å². The molecule has 0 aliphatic carbocycles. The van der Waals surface area contributed by atoms with Crippen molar-refractivity contribution in [2.45, 2.75) is 36.1 Å². The van der Waals surface area contributed by atoms with E-state index in [9.17, 15) is 8.78 Å². The van der Waals surface area contributed by atoms with Gasteiger partial charge >= 0.3 is 0 Å². The van der Waals surface area contributed by atoms with E-state index >= 15 is 0 Å². The number of nitrogens with one attached hydrogen (secondary N) is 1. The molecule has 0 bridgehead atoms. The van der Waals surface area contributed by atoms with Gasteiger partial charge in [0.15, 0.2) is 11.6 Å². The zero-order valence-corrected chi connectivity index (χ0v) is 13.0. The standard InChI is InChI=1S/C17H19F2NS/c1-3-17(20-4-2)12-5-7-13(8-6-12)21-14-9-10-15(18)16(19)11-14/h5-11,17,20H,3-4H2,1-2H3. The molecule has 1 nitrogen and oxygen atoms in total. The average Bonchev–Trinajstić information content (AvgIpc) is 2.49. The lowest BCUT2D eigenvalue weighted by Crippen LogP contribution is -2.19. The predicted octanol–water partition coefficient (Wildman–Crippen LogP) is 5.18. The molecule has 0 aliphatic rings. The molecule has 0 saturated heterocycles. The van der Waals surface area contributed by atoms with Crippen molar-refractivity contribution in [3.8, 4) is 0 Å². The van der Waals surface area contributed by atoms with Crippen LogP contribution in [0.4, 0.5) is 8.78 Å². The van der Waals surface area contributed by atoms with E-state index in [0.717, 1.165) is 23.9 Å². The summed E-state index contributed by atoms with van der Waals surface area (Å²) in [6, 6.07) is 12.5. The summed E-state index contributed by atoms with van der Waals surface area (Å²) >= 11 is 1.42. The highest BCUT2D eigenvalue weighted by molar-refractivity contribution is 7.99. The van der Waals surface area contributed by atoms with Crippen LogP contribution in [-0.2, 0) is 0 Å². The van der Waals surface area contributed by atoms with E-state index in [1.165, 1.54) is 23.4 Å². The van der Waals surface area contributed by atoms with Gasteiger partial charge in [0.2, 0.25) is 0 Å². The summed E-state index contributed by atoms with van der Waals surface area (Å²) in [5.41, 5.74) is 1.24. The van der Waals surface area contributed by atoms with E-state index in [1.54, 1.807) is 6.07 Å². The fraction of sp³-hybridized carbons (Fsp3) is 0.294. The largest absolute Gasteiger partial charge is 0.310 e. The summed E-state index contributed by atoms with van der Waals surface area (Å²) in [5, 5.41) is 3.43. The molecule has 0 heterocycles. The lowest BCUT2D eigenvalue weighted by Gasteiger charge is -2.16. The van der Waals surface area contributed by atoms with Gasteiger partial charge in [-0.2, -0.15) is 0 Å². The zero-order chi connectivity index (χ0) is 15.2. The van der Waals surface area contributed by atoms with Crippen LogP contribution in [0, 0.1) is 11.6 Å². The molecule has 1 unspecified atom stereocenters. The van der Waals surface area contributed by atoms with Gasteiger partial charge in [-0.25, -0.2) is 8.78 Å². The summed E-state index contributed by atoms with van der Waals surface area (Å²) in [6.07, 6.45) is 1.03. The summed E-state index contributed by atoms with van der Waals surface area (Å²) in [4.78, 5) is 1.71. The number of benzene rings is 2. The molecular formula is C17H19F2NS. The van der Waals surface area contributed by atoms with Crippen LogP contribution in [0.2, 0.25) is 0 Å². The minimum Gasteiger partial charge on any atom is -0.310 e. The fourth-order valence-corrected chi connectivity index (χ4v) is 3.03. The first kappa shape index (κ1) is 16.0. The van der Waals surface area contributed by atoms with Crippen LogP contribution < -0.4 is 5.32 Å². The normalized spacial score (nSPS) is 12.4. The molecule has 1 atom stereocenters. The third kappa shape index (κ3) is 4.29. The maximum Gasteiger partial charge on any atom is 0.159 e. The summed E-state index contributed by atoms with van der Waals surface area (Å²) < 4.78 is 26.1. The van der Waals surface area contributed by atoms with Crippen molar-refractivity contribution in [2.24, 2.45) is 0 Å². The fourth-order valence-electron chi connectivity index (χ4n) is 2.19. The molecule has 0 amide bonds. The second kappa shape index (κ2) is 7.57. The number of rotatable bonds is 6. The monoisotopic (exact) mass is 307 g/mol. The first-order valence-corrected chi connectivity index (χ1v) is 7.92. The Morgan fingerprint density at radius 2 is 1.62 bits per heavy atom. The zero-order valence-electron chi connectivity index (χ0n) is 12.2. The Kier molecular flexibility index (Phi) is 5.76. The highest BCUT2D eigenvalue weighted by atomic mass is 32.2. The van der Waals surface area contributed by atoms with E-state index < -0.39 is 11.6 Å². The smallest absolute Gasteiger partial charge is 0.159 e. The Hall–Kier alpha value is -1.39. The van der Waals surface area contributed by atoms with Gasteiger partial charge < -0.3 is 5.32 Å². The van der Waals surface area contributed by atoms with Crippen LogP contribution in [0.15, 0.2) is 52.3 Å². The Morgan fingerprint density at radius 1 is 0.952 bits per heavy atom. The molecule has 0 aliphatic heterocycles. The minimum absolute atomic E-state index is 0.359. The Morgan fingerprint density at radius 3 is 2.19 bits per heavy atom. The molecule has 0 radical (unpaired) electrons. The topological polar surface area (TPSA) is 12.0 Å². The third-order valence-electron chi connectivity index (χ3n) is 3.27. The van der Waals surface area contributed by atoms with Gasteiger partial charge in [-0.15, -0.1) is 0 Å². The van der Waals surface area contributed by atoms with Gasteiger partial charge in [0.05, 0.1) is 0 Å². The maximum absolute atomic E-state index is 13.2. The molecule has 2 rings (SSSR count). The molecule has 21 heavy (non-hydrogen) atoms. The Labute approximate surface area is 128 Å². The van der Waals surface area contributed by atoms with Crippen LogP contribution in [0.5, 0.6) is 0 Å². The Bertz CT molecular complexity index is 584. The molecule has 2 aromatic rings. The molecule has 0 fully saturated rings. The van der Waals surface area contributed by atoms with Crippen molar-refractivity contribution in [2.75, 3.05) is 6.54 Å². The second-order valence-electron chi connectivity index (χ2n) is 4.77. The number of hydrogen-bond donors (Lipinski definition) is 1. The quantitative estimate of drug-likeness (QED) is 0.789. The second-order valence-corrected chi connectivity index (χ2v) is 5.91. The van der Waals surface area contributed by atoms with Gasteiger partial charge in [-0.3, -0.25) is 0 Å².